The summed E-state index contributed by atoms with van der Waals surface area (Å²) in [5.41, 5.74) is 5.09. The summed E-state index contributed by atoms with van der Waals surface area (Å²) in [4.78, 5) is 0. The molecule has 0 aliphatic rings. The van der Waals surface area contributed by atoms with Gasteiger partial charge < -0.3 is 4.74 Å². The number of nitrogens with zero attached hydrogens (tertiary/aromatic N) is 1. The fraction of sp³-hybridized carbons (Fsp3) is 0.136. The van der Waals surface area contributed by atoms with Gasteiger partial charge in [-0.1, -0.05) is 53.0 Å². The summed E-state index contributed by atoms with van der Waals surface area (Å²) in [5, 5.41) is 4.65. The molecule has 0 aliphatic carbocycles. The normalized spacial score (nSPS) is 11.7. The van der Waals surface area contributed by atoms with Crippen molar-refractivity contribution in [3.05, 3.63) is 93.0 Å². The molecule has 0 saturated heterocycles. The Hall–Kier alpha value is -2.70. The van der Waals surface area contributed by atoms with E-state index in [0.29, 0.717) is 33.7 Å². The third kappa shape index (κ3) is 5.90. The molecule has 3 aromatic rings. The van der Waals surface area contributed by atoms with E-state index in [-0.39, 0.29) is 0 Å². The van der Waals surface area contributed by atoms with Gasteiger partial charge in [0.05, 0.1) is 27.5 Å². The minimum atomic E-state index is -4.38. The third-order valence-corrected chi connectivity index (χ3v) is 4.71. The minimum absolute atomic E-state index is 0.322. The predicted octanol–water partition coefficient (Wildman–Crippen LogP) is 7.35. The number of hydrogen-bond donors (Lipinski definition) is 1. The Labute approximate surface area is 182 Å². The second-order valence-corrected chi connectivity index (χ2v) is 7.35. The molecule has 0 atom stereocenters. The largest absolute Gasteiger partial charge is 0.486 e. The van der Waals surface area contributed by atoms with Gasteiger partial charge in [-0.2, -0.15) is 18.3 Å². The van der Waals surface area contributed by atoms with Gasteiger partial charge in [-0.3, -0.25) is 5.43 Å². The molecule has 3 nitrogen and oxygen atoms in total. The van der Waals surface area contributed by atoms with E-state index >= 15 is 0 Å². The molecule has 30 heavy (non-hydrogen) atoms. The van der Waals surface area contributed by atoms with Gasteiger partial charge in [-0.15, -0.1) is 0 Å². The second-order valence-electron chi connectivity index (χ2n) is 6.53. The number of hydrogen-bond acceptors (Lipinski definition) is 3. The molecule has 0 amide bonds. The van der Waals surface area contributed by atoms with Crippen LogP contribution in [-0.2, 0) is 12.8 Å². The molecule has 0 aliphatic heterocycles. The maximum Gasteiger partial charge on any atom is 0.416 e. The molecule has 156 valence electrons. The van der Waals surface area contributed by atoms with E-state index in [9.17, 15) is 13.2 Å². The average Bonchev–Trinajstić information content (AvgIpc) is 2.68. The van der Waals surface area contributed by atoms with Crippen LogP contribution < -0.4 is 10.2 Å². The Kier molecular flexibility index (Phi) is 6.90. The Morgan fingerprint density at radius 1 is 0.967 bits per heavy atom. The van der Waals surface area contributed by atoms with Crippen LogP contribution in [0, 0.1) is 6.92 Å². The summed E-state index contributed by atoms with van der Waals surface area (Å²) in [7, 11) is 0. The molecular weight excluding hydrogens is 436 g/mol. The summed E-state index contributed by atoms with van der Waals surface area (Å²) >= 11 is 12.6. The van der Waals surface area contributed by atoms with Crippen molar-refractivity contribution in [3.63, 3.8) is 0 Å². The van der Waals surface area contributed by atoms with E-state index in [2.05, 4.69) is 10.5 Å². The quantitative estimate of drug-likeness (QED) is 0.313. The molecule has 3 rings (SSSR count). The Balaban J connectivity index is 1.63. The first kappa shape index (κ1) is 22.0. The number of ether oxygens (including phenoxy) is 1. The molecule has 0 bridgehead atoms. The highest BCUT2D eigenvalue weighted by Gasteiger charge is 2.29. The molecule has 0 spiro atoms. The average molecular weight is 453 g/mol. The van der Waals surface area contributed by atoms with Crippen LogP contribution in [0.2, 0.25) is 10.0 Å². The predicted molar refractivity (Wildman–Crippen MR) is 115 cm³/mol. The van der Waals surface area contributed by atoms with E-state index in [1.54, 1.807) is 12.1 Å². The van der Waals surface area contributed by atoms with Crippen molar-refractivity contribution in [2.75, 3.05) is 5.43 Å². The van der Waals surface area contributed by atoms with E-state index in [1.807, 2.05) is 31.2 Å². The molecular formula is C22H17Cl2F3N2O. The van der Waals surface area contributed by atoms with E-state index in [0.717, 1.165) is 23.3 Å². The van der Waals surface area contributed by atoms with Crippen LogP contribution in [0.4, 0.5) is 18.9 Å². The zero-order chi connectivity index (χ0) is 21.7. The van der Waals surface area contributed by atoms with Gasteiger partial charge in [0.2, 0.25) is 0 Å². The number of benzene rings is 3. The topological polar surface area (TPSA) is 33.6 Å². The molecule has 0 radical (unpaired) electrons. The lowest BCUT2D eigenvalue weighted by atomic mass is 10.2. The third-order valence-electron chi connectivity index (χ3n) is 4.14. The van der Waals surface area contributed by atoms with Crippen molar-refractivity contribution >= 4 is 35.1 Å². The molecule has 0 unspecified atom stereocenters. The van der Waals surface area contributed by atoms with Crippen molar-refractivity contribution in [2.24, 2.45) is 5.10 Å². The highest BCUT2D eigenvalue weighted by atomic mass is 35.5. The van der Waals surface area contributed by atoms with Gasteiger partial charge in [0.15, 0.2) is 5.75 Å². The fourth-order valence-corrected chi connectivity index (χ4v) is 3.16. The van der Waals surface area contributed by atoms with Gasteiger partial charge in [-0.25, -0.2) is 0 Å². The number of alkyl halides is 3. The number of rotatable bonds is 6. The molecule has 0 aromatic heterocycles. The van der Waals surface area contributed by atoms with Crippen molar-refractivity contribution in [2.45, 2.75) is 19.7 Å². The zero-order valence-electron chi connectivity index (χ0n) is 15.8. The number of hydrazone groups is 1. The Morgan fingerprint density at radius 3 is 2.13 bits per heavy atom. The molecule has 3 aromatic carbocycles. The van der Waals surface area contributed by atoms with Gasteiger partial charge >= 0.3 is 6.18 Å². The first-order valence-corrected chi connectivity index (χ1v) is 9.62. The van der Waals surface area contributed by atoms with Gasteiger partial charge in [0.1, 0.15) is 6.61 Å². The van der Waals surface area contributed by atoms with Gasteiger partial charge in [0.25, 0.3) is 0 Å². The lowest BCUT2D eigenvalue weighted by Crippen LogP contribution is -2.04. The number of halogens is 5. The Morgan fingerprint density at radius 2 is 1.57 bits per heavy atom. The van der Waals surface area contributed by atoms with Crippen LogP contribution in [0.25, 0.3) is 0 Å². The van der Waals surface area contributed by atoms with Crippen molar-refractivity contribution in [3.8, 4) is 5.75 Å². The smallest absolute Gasteiger partial charge is 0.416 e. The van der Waals surface area contributed by atoms with E-state index < -0.39 is 11.7 Å². The zero-order valence-corrected chi connectivity index (χ0v) is 17.3. The molecule has 8 heteroatoms. The highest BCUT2D eigenvalue weighted by Crippen LogP contribution is 2.34. The molecule has 0 fully saturated rings. The van der Waals surface area contributed by atoms with Crippen LogP contribution in [0.15, 0.2) is 65.8 Å². The van der Waals surface area contributed by atoms with Crippen molar-refractivity contribution in [1.82, 2.24) is 0 Å². The minimum Gasteiger partial charge on any atom is -0.486 e. The monoisotopic (exact) mass is 452 g/mol. The number of nitrogens with one attached hydrogen (secondary N) is 1. The summed E-state index contributed by atoms with van der Waals surface area (Å²) in [5.74, 6) is 0.367. The molecule has 1 N–H and O–H groups in total. The van der Waals surface area contributed by atoms with Crippen LogP contribution in [0.5, 0.6) is 5.75 Å². The van der Waals surface area contributed by atoms with Gasteiger partial charge in [-0.05, 0) is 54.4 Å². The maximum atomic E-state index is 12.6. The second kappa shape index (κ2) is 9.41. The summed E-state index contributed by atoms with van der Waals surface area (Å²) in [6.07, 6.45) is -2.92. The number of anilines is 1. The van der Waals surface area contributed by atoms with Crippen LogP contribution in [0.3, 0.4) is 0 Å². The van der Waals surface area contributed by atoms with Crippen LogP contribution in [0.1, 0.15) is 22.3 Å². The summed E-state index contributed by atoms with van der Waals surface area (Å²) in [6, 6.07) is 15.7. The van der Waals surface area contributed by atoms with Gasteiger partial charge in [0, 0.05) is 0 Å². The summed E-state index contributed by atoms with van der Waals surface area (Å²) in [6.45, 7) is 2.33. The van der Waals surface area contributed by atoms with Crippen LogP contribution >= 0.6 is 23.2 Å². The maximum absolute atomic E-state index is 12.6. The molecule has 0 heterocycles. The van der Waals surface area contributed by atoms with Crippen LogP contribution in [-0.4, -0.2) is 6.21 Å². The van der Waals surface area contributed by atoms with Crippen molar-refractivity contribution < 1.29 is 17.9 Å². The first-order chi connectivity index (χ1) is 14.2. The van der Waals surface area contributed by atoms with E-state index in [1.165, 1.54) is 18.3 Å². The summed E-state index contributed by atoms with van der Waals surface area (Å²) < 4.78 is 43.5. The lowest BCUT2D eigenvalue weighted by Gasteiger charge is -2.11. The van der Waals surface area contributed by atoms with E-state index in [4.69, 9.17) is 27.9 Å². The SMILES string of the molecule is Cc1ccc(COc2c(Cl)cc(/C=N/Nc3ccc(C(F)(F)F)cc3)cc2Cl)cc1. The number of aryl methyl sites for hydroxylation is 1. The fourth-order valence-electron chi connectivity index (χ4n) is 2.55. The molecule has 0 saturated carbocycles. The standard InChI is InChI=1S/C22H17Cl2F3N2O/c1-14-2-4-15(5-3-14)13-30-21-19(23)10-16(11-20(21)24)12-28-29-18-8-6-17(7-9-18)22(25,26)27/h2-12,29H,13H2,1H3/b28-12+. The highest BCUT2D eigenvalue weighted by molar-refractivity contribution is 6.37. The van der Waals surface area contributed by atoms with Crippen molar-refractivity contribution in [1.29, 1.82) is 0 Å². The first-order valence-electron chi connectivity index (χ1n) is 8.86. The Bertz CT molecular complexity index is 1010. The lowest BCUT2D eigenvalue weighted by molar-refractivity contribution is -0.137.